The molecule has 0 bridgehead atoms. The van der Waals surface area contributed by atoms with E-state index in [0.29, 0.717) is 10.7 Å². The van der Waals surface area contributed by atoms with Crippen molar-refractivity contribution < 1.29 is 9.53 Å². The van der Waals surface area contributed by atoms with E-state index in [9.17, 15) is 4.79 Å². The zero-order valence-corrected chi connectivity index (χ0v) is 14.8. The van der Waals surface area contributed by atoms with Crippen molar-refractivity contribution in [1.29, 1.82) is 0 Å². The standard InChI is InChI=1S/C19H19N3O2S/c1-12-16(18(23)21-14-6-4-3-5-7-14)17(22-19(25)20-12)13-8-10-15(24-2)11-9-13/h3-11,17H,1-2H3,(H,21,23)(H2,20,22,25)/t17-/m1/s1. The third kappa shape index (κ3) is 3.80. The zero-order chi connectivity index (χ0) is 17.8. The molecule has 0 radical (unpaired) electrons. The number of anilines is 1. The topological polar surface area (TPSA) is 62.4 Å². The fraction of sp³-hybridized carbons (Fsp3) is 0.158. The van der Waals surface area contributed by atoms with Crippen LogP contribution in [0.5, 0.6) is 5.75 Å². The predicted octanol–water partition coefficient (Wildman–Crippen LogP) is 3.13. The van der Waals surface area contributed by atoms with Crippen molar-refractivity contribution >= 4 is 28.9 Å². The van der Waals surface area contributed by atoms with Gasteiger partial charge in [-0.15, -0.1) is 0 Å². The van der Waals surface area contributed by atoms with Crippen molar-refractivity contribution in [3.8, 4) is 5.75 Å². The minimum absolute atomic E-state index is 0.174. The van der Waals surface area contributed by atoms with Gasteiger partial charge in [0, 0.05) is 11.4 Å². The third-order valence-corrected chi connectivity index (χ3v) is 4.21. The van der Waals surface area contributed by atoms with Crippen LogP contribution in [0.1, 0.15) is 18.5 Å². The summed E-state index contributed by atoms with van der Waals surface area (Å²) >= 11 is 5.26. The van der Waals surface area contributed by atoms with Gasteiger partial charge in [-0.25, -0.2) is 0 Å². The summed E-state index contributed by atoms with van der Waals surface area (Å²) in [5.74, 6) is 0.586. The van der Waals surface area contributed by atoms with Crippen molar-refractivity contribution in [3.05, 3.63) is 71.4 Å². The lowest BCUT2D eigenvalue weighted by Crippen LogP contribution is -2.45. The van der Waals surface area contributed by atoms with Gasteiger partial charge in [0.1, 0.15) is 5.75 Å². The minimum Gasteiger partial charge on any atom is -0.497 e. The summed E-state index contributed by atoms with van der Waals surface area (Å²) in [6.45, 7) is 1.85. The molecule has 1 aliphatic rings. The van der Waals surface area contributed by atoms with Crippen LogP contribution in [0, 0.1) is 0 Å². The number of carbonyl (C=O) groups is 1. The number of ether oxygens (including phenoxy) is 1. The molecular formula is C19H19N3O2S. The third-order valence-electron chi connectivity index (χ3n) is 3.99. The first kappa shape index (κ1) is 17.0. The molecule has 128 valence electrons. The van der Waals surface area contributed by atoms with Crippen LogP contribution in [-0.4, -0.2) is 18.1 Å². The fourth-order valence-electron chi connectivity index (χ4n) is 2.76. The second kappa shape index (κ2) is 7.36. The number of benzene rings is 2. The normalized spacial score (nSPS) is 16.7. The van der Waals surface area contributed by atoms with Crippen LogP contribution in [-0.2, 0) is 4.79 Å². The van der Waals surface area contributed by atoms with Gasteiger partial charge in [0.25, 0.3) is 5.91 Å². The summed E-state index contributed by atoms with van der Waals surface area (Å²) in [5, 5.41) is 9.64. The van der Waals surface area contributed by atoms with Gasteiger partial charge in [-0.3, -0.25) is 4.79 Å². The fourth-order valence-corrected chi connectivity index (χ4v) is 3.03. The molecule has 25 heavy (non-hydrogen) atoms. The number of carbonyl (C=O) groups excluding carboxylic acids is 1. The molecule has 1 atom stereocenters. The minimum atomic E-state index is -0.330. The molecule has 0 aliphatic carbocycles. The molecule has 3 N–H and O–H groups in total. The van der Waals surface area contributed by atoms with Crippen LogP contribution in [0.3, 0.4) is 0 Å². The van der Waals surface area contributed by atoms with Gasteiger partial charge in [-0.05, 0) is 49.0 Å². The first-order chi connectivity index (χ1) is 12.1. The Hall–Kier alpha value is -2.86. The maximum Gasteiger partial charge on any atom is 0.255 e. The van der Waals surface area contributed by atoms with E-state index in [4.69, 9.17) is 17.0 Å². The van der Waals surface area contributed by atoms with E-state index in [1.807, 2.05) is 61.5 Å². The maximum atomic E-state index is 12.9. The SMILES string of the molecule is COc1ccc([C@H]2NC(=S)NC(C)=C2C(=O)Nc2ccccc2)cc1. The lowest BCUT2D eigenvalue weighted by atomic mass is 9.95. The van der Waals surface area contributed by atoms with E-state index in [2.05, 4.69) is 16.0 Å². The molecule has 6 heteroatoms. The van der Waals surface area contributed by atoms with E-state index in [1.54, 1.807) is 7.11 Å². The molecule has 2 aromatic rings. The van der Waals surface area contributed by atoms with Gasteiger partial charge in [0.05, 0.1) is 18.7 Å². The van der Waals surface area contributed by atoms with Gasteiger partial charge < -0.3 is 20.7 Å². The zero-order valence-electron chi connectivity index (χ0n) is 14.0. The summed E-state index contributed by atoms with van der Waals surface area (Å²) in [5.41, 5.74) is 3.01. The molecule has 1 heterocycles. The highest BCUT2D eigenvalue weighted by atomic mass is 32.1. The molecular weight excluding hydrogens is 334 g/mol. The molecule has 5 nitrogen and oxygen atoms in total. The molecule has 0 aromatic heterocycles. The monoisotopic (exact) mass is 353 g/mol. The highest BCUT2D eigenvalue weighted by Gasteiger charge is 2.29. The van der Waals surface area contributed by atoms with E-state index >= 15 is 0 Å². The van der Waals surface area contributed by atoms with Crippen LogP contribution in [0.4, 0.5) is 5.69 Å². The molecule has 1 amide bonds. The Labute approximate surface area is 152 Å². The van der Waals surface area contributed by atoms with Gasteiger partial charge >= 0.3 is 0 Å². The summed E-state index contributed by atoms with van der Waals surface area (Å²) in [7, 11) is 1.62. The van der Waals surface area contributed by atoms with E-state index < -0.39 is 0 Å². The highest BCUT2D eigenvalue weighted by molar-refractivity contribution is 7.80. The number of amides is 1. The summed E-state index contributed by atoms with van der Waals surface area (Å²) < 4.78 is 5.20. The number of rotatable bonds is 4. The molecule has 0 fully saturated rings. The van der Waals surface area contributed by atoms with Crippen LogP contribution in [0.2, 0.25) is 0 Å². The van der Waals surface area contributed by atoms with Crippen molar-refractivity contribution in [1.82, 2.24) is 10.6 Å². The number of hydrogen-bond acceptors (Lipinski definition) is 3. The van der Waals surface area contributed by atoms with Crippen molar-refractivity contribution in [2.75, 3.05) is 12.4 Å². The summed E-state index contributed by atoms with van der Waals surface area (Å²) in [4.78, 5) is 12.9. The first-order valence-electron chi connectivity index (χ1n) is 7.87. The van der Waals surface area contributed by atoms with Crippen molar-refractivity contribution in [3.63, 3.8) is 0 Å². The van der Waals surface area contributed by atoms with Crippen LogP contribution in [0.15, 0.2) is 65.9 Å². The molecule has 0 saturated heterocycles. The Morgan fingerprint density at radius 1 is 1.12 bits per heavy atom. The van der Waals surface area contributed by atoms with Gasteiger partial charge in [0.2, 0.25) is 0 Å². The number of allylic oxidation sites excluding steroid dienone is 1. The first-order valence-corrected chi connectivity index (χ1v) is 8.28. The molecule has 0 spiro atoms. The van der Waals surface area contributed by atoms with Gasteiger partial charge in [0.15, 0.2) is 5.11 Å². The van der Waals surface area contributed by atoms with Gasteiger partial charge in [-0.2, -0.15) is 0 Å². The van der Waals surface area contributed by atoms with E-state index in [0.717, 1.165) is 22.7 Å². The van der Waals surface area contributed by atoms with Crippen LogP contribution >= 0.6 is 12.2 Å². The second-order valence-corrected chi connectivity index (χ2v) is 6.07. The lowest BCUT2D eigenvalue weighted by molar-refractivity contribution is -0.113. The average molecular weight is 353 g/mol. The molecule has 0 unspecified atom stereocenters. The number of para-hydroxylation sites is 1. The highest BCUT2D eigenvalue weighted by Crippen LogP contribution is 2.29. The van der Waals surface area contributed by atoms with Crippen LogP contribution < -0.4 is 20.7 Å². The number of methoxy groups -OCH3 is 1. The van der Waals surface area contributed by atoms with E-state index in [-0.39, 0.29) is 11.9 Å². The van der Waals surface area contributed by atoms with Crippen molar-refractivity contribution in [2.45, 2.75) is 13.0 Å². The maximum absolute atomic E-state index is 12.9. The molecule has 1 aliphatic heterocycles. The summed E-state index contributed by atoms with van der Waals surface area (Å²) in [6, 6.07) is 16.6. The quantitative estimate of drug-likeness (QED) is 0.737. The number of nitrogens with one attached hydrogen (secondary N) is 3. The molecule has 3 rings (SSSR count). The molecule has 0 saturated carbocycles. The Kier molecular flexibility index (Phi) is 5.00. The van der Waals surface area contributed by atoms with Gasteiger partial charge in [-0.1, -0.05) is 30.3 Å². The summed E-state index contributed by atoms with van der Waals surface area (Å²) in [6.07, 6.45) is 0. The Bertz CT molecular complexity index is 816. The number of thiocarbonyl (C=S) groups is 1. The average Bonchev–Trinajstić information content (AvgIpc) is 2.62. The predicted molar refractivity (Wildman–Crippen MR) is 102 cm³/mol. The Morgan fingerprint density at radius 3 is 2.44 bits per heavy atom. The Balaban J connectivity index is 1.93. The largest absolute Gasteiger partial charge is 0.497 e. The molecule has 2 aromatic carbocycles. The Morgan fingerprint density at radius 2 is 1.80 bits per heavy atom. The van der Waals surface area contributed by atoms with Crippen LogP contribution in [0.25, 0.3) is 0 Å². The number of hydrogen-bond donors (Lipinski definition) is 3. The second-order valence-electron chi connectivity index (χ2n) is 5.66. The smallest absolute Gasteiger partial charge is 0.255 e. The van der Waals surface area contributed by atoms with E-state index in [1.165, 1.54) is 0 Å². The van der Waals surface area contributed by atoms with Crippen molar-refractivity contribution in [2.24, 2.45) is 0 Å². The lowest BCUT2D eigenvalue weighted by Gasteiger charge is -2.30.